The third-order valence-corrected chi connectivity index (χ3v) is 4.73. The second-order valence-electron chi connectivity index (χ2n) is 6.86. The highest BCUT2D eigenvalue weighted by Crippen LogP contribution is 2.32. The minimum Gasteiger partial charge on any atom is -0.489 e. The predicted molar refractivity (Wildman–Crippen MR) is 126 cm³/mol. The van der Waals surface area contributed by atoms with Gasteiger partial charge in [0.1, 0.15) is 30.3 Å². The van der Waals surface area contributed by atoms with E-state index in [1.807, 2.05) is 0 Å². The fraction of sp³-hybridized carbons (Fsp3) is 0.364. The van der Waals surface area contributed by atoms with Crippen LogP contribution in [0.15, 0.2) is 36.7 Å². The summed E-state index contributed by atoms with van der Waals surface area (Å²) in [5, 5.41) is 3.81. The number of hydrogen-bond donors (Lipinski definition) is 3. The maximum atomic E-state index is 13.4. The Kier molecular flexibility index (Phi) is 9.85. The van der Waals surface area contributed by atoms with Crippen molar-refractivity contribution in [1.82, 2.24) is 9.97 Å². The monoisotopic (exact) mass is 479 g/mol. The van der Waals surface area contributed by atoms with Crippen LogP contribution < -0.4 is 21.5 Å². The van der Waals surface area contributed by atoms with E-state index in [-0.39, 0.29) is 5.02 Å². The molecule has 0 saturated heterocycles. The summed E-state index contributed by atoms with van der Waals surface area (Å²) in [6, 6.07) is 7.78. The Morgan fingerprint density at radius 1 is 0.909 bits per heavy atom. The molecule has 178 valence electrons. The molecule has 0 aliphatic rings. The zero-order valence-electron chi connectivity index (χ0n) is 18.1. The molecule has 0 fully saturated rings. The lowest BCUT2D eigenvalue weighted by Crippen LogP contribution is -2.14. The van der Waals surface area contributed by atoms with Crippen LogP contribution in [0.3, 0.4) is 0 Å². The fourth-order valence-electron chi connectivity index (χ4n) is 2.87. The first kappa shape index (κ1) is 24.9. The molecule has 0 bridgehead atoms. The number of nitrogens with zero attached hydrogens (tertiary/aromatic N) is 2. The van der Waals surface area contributed by atoms with Crippen molar-refractivity contribution in [2.75, 3.05) is 63.8 Å². The summed E-state index contributed by atoms with van der Waals surface area (Å²) in [4.78, 5) is 8.54. The summed E-state index contributed by atoms with van der Waals surface area (Å²) in [7, 11) is 0. The van der Waals surface area contributed by atoms with Crippen LogP contribution in [0.1, 0.15) is 0 Å². The van der Waals surface area contributed by atoms with Gasteiger partial charge in [0.15, 0.2) is 0 Å². The molecule has 0 unspecified atom stereocenters. The summed E-state index contributed by atoms with van der Waals surface area (Å²) < 4.78 is 35.2. The van der Waals surface area contributed by atoms with Crippen LogP contribution in [0.5, 0.6) is 5.75 Å². The normalized spacial score (nSPS) is 11.1. The molecule has 0 amide bonds. The van der Waals surface area contributed by atoms with E-state index in [9.17, 15) is 4.39 Å². The number of benzene rings is 2. The molecule has 2 aromatic carbocycles. The van der Waals surface area contributed by atoms with Crippen LogP contribution in [0.4, 0.5) is 21.6 Å². The van der Waals surface area contributed by atoms with Crippen molar-refractivity contribution < 1.29 is 23.3 Å². The van der Waals surface area contributed by atoms with E-state index in [0.717, 1.165) is 0 Å². The Morgan fingerprint density at radius 2 is 1.61 bits per heavy atom. The van der Waals surface area contributed by atoms with Gasteiger partial charge in [0, 0.05) is 23.7 Å². The summed E-state index contributed by atoms with van der Waals surface area (Å²) in [6.45, 7) is 3.66. The van der Waals surface area contributed by atoms with Crippen molar-refractivity contribution in [3.8, 4) is 5.75 Å². The number of ether oxygens (including phenoxy) is 4. The van der Waals surface area contributed by atoms with Gasteiger partial charge in [-0.25, -0.2) is 14.4 Å². The zero-order chi connectivity index (χ0) is 23.5. The molecule has 0 aliphatic carbocycles. The Morgan fingerprint density at radius 3 is 2.30 bits per heavy atom. The molecule has 3 rings (SSSR count). The van der Waals surface area contributed by atoms with Crippen LogP contribution in [-0.4, -0.2) is 62.8 Å². The highest BCUT2D eigenvalue weighted by atomic mass is 35.5. The van der Waals surface area contributed by atoms with E-state index >= 15 is 0 Å². The van der Waals surface area contributed by atoms with Crippen LogP contribution in [0.2, 0.25) is 5.02 Å². The molecule has 0 aliphatic heterocycles. The van der Waals surface area contributed by atoms with Gasteiger partial charge in [0.25, 0.3) is 0 Å². The van der Waals surface area contributed by atoms with Crippen LogP contribution in [0, 0.1) is 5.82 Å². The quantitative estimate of drug-likeness (QED) is 0.236. The maximum absolute atomic E-state index is 13.4. The molecule has 1 heterocycles. The Hall–Kier alpha value is -2.76. The van der Waals surface area contributed by atoms with Crippen molar-refractivity contribution in [3.05, 3.63) is 47.5 Å². The van der Waals surface area contributed by atoms with Crippen molar-refractivity contribution in [1.29, 1.82) is 0 Å². The van der Waals surface area contributed by atoms with E-state index < -0.39 is 5.82 Å². The highest BCUT2D eigenvalue weighted by molar-refractivity contribution is 6.31. The minimum atomic E-state index is -0.495. The Balaban J connectivity index is 1.49. The van der Waals surface area contributed by atoms with E-state index in [4.69, 9.17) is 42.0 Å². The number of rotatable bonds is 14. The van der Waals surface area contributed by atoms with Gasteiger partial charge in [-0.15, -0.1) is 0 Å². The largest absolute Gasteiger partial charge is 0.489 e. The number of nitrogens with one attached hydrogen (secondary N) is 1. The summed E-state index contributed by atoms with van der Waals surface area (Å²) in [5.41, 5.74) is 13.1. The van der Waals surface area contributed by atoms with E-state index in [2.05, 4.69) is 15.3 Å². The highest BCUT2D eigenvalue weighted by Gasteiger charge is 2.10. The van der Waals surface area contributed by atoms with E-state index in [1.54, 1.807) is 18.2 Å². The number of anilines is 3. The summed E-state index contributed by atoms with van der Waals surface area (Å²) in [5.74, 6) is 0.511. The van der Waals surface area contributed by atoms with Crippen molar-refractivity contribution in [3.63, 3.8) is 0 Å². The molecule has 0 radical (unpaired) electrons. The fourth-order valence-corrected chi connectivity index (χ4v) is 3.05. The molecule has 5 N–H and O–H groups in total. The first-order valence-electron chi connectivity index (χ1n) is 10.4. The first-order valence-corrected chi connectivity index (χ1v) is 10.8. The van der Waals surface area contributed by atoms with Gasteiger partial charge in [0.2, 0.25) is 0 Å². The van der Waals surface area contributed by atoms with Gasteiger partial charge in [-0.1, -0.05) is 11.6 Å². The molecule has 3 aromatic rings. The van der Waals surface area contributed by atoms with Gasteiger partial charge in [-0.05, 0) is 24.3 Å². The third kappa shape index (κ3) is 7.65. The minimum absolute atomic E-state index is 0.0128. The van der Waals surface area contributed by atoms with E-state index in [1.165, 1.54) is 18.5 Å². The van der Waals surface area contributed by atoms with Gasteiger partial charge in [-0.3, -0.25) is 0 Å². The van der Waals surface area contributed by atoms with Gasteiger partial charge >= 0.3 is 0 Å². The molecule has 33 heavy (non-hydrogen) atoms. The van der Waals surface area contributed by atoms with Crippen molar-refractivity contribution >= 4 is 39.7 Å². The molecular formula is C22H27ClFN5O4. The third-order valence-electron chi connectivity index (χ3n) is 4.44. The molecule has 0 saturated carbocycles. The molecule has 0 spiro atoms. The predicted octanol–water partition coefficient (Wildman–Crippen LogP) is 3.14. The lowest BCUT2D eigenvalue weighted by atomic mass is 10.2. The molecule has 1 aromatic heterocycles. The first-order chi connectivity index (χ1) is 16.1. The Labute approximate surface area is 196 Å². The lowest BCUT2D eigenvalue weighted by Gasteiger charge is -2.13. The number of nitrogen functional groups attached to an aromatic ring is 1. The molecule has 9 nitrogen and oxygen atoms in total. The molecule has 0 atom stereocenters. The zero-order valence-corrected chi connectivity index (χ0v) is 18.8. The lowest BCUT2D eigenvalue weighted by molar-refractivity contribution is 0.0106. The second kappa shape index (κ2) is 13.1. The maximum Gasteiger partial charge on any atom is 0.144 e. The Bertz CT molecular complexity index is 1040. The SMILES string of the molecule is NCCOCCOCCOCCOc1cc2ncnc(Nc3ccc(F)c(Cl)c3)c2cc1N. The number of halogens is 2. The number of hydrogen-bond acceptors (Lipinski definition) is 9. The number of aromatic nitrogens is 2. The second-order valence-corrected chi connectivity index (χ2v) is 7.26. The van der Waals surface area contributed by atoms with Crippen LogP contribution in [0.25, 0.3) is 10.9 Å². The average Bonchev–Trinajstić information content (AvgIpc) is 2.80. The van der Waals surface area contributed by atoms with Gasteiger partial charge in [-0.2, -0.15) is 0 Å². The molecule has 11 heteroatoms. The van der Waals surface area contributed by atoms with Crippen LogP contribution >= 0.6 is 11.6 Å². The summed E-state index contributed by atoms with van der Waals surface area (Å²) in [6.07, 6.45) is 1.42. The van der Waals surface area contributed by atoms with Gasteiger partial charge in [0.05, 0.1) is 55.9 Å². The van der Waals surface area contributed by atoms with Crippen molar-refractivity contribution in [2.45, 2.75) is 0 Å². The number of fused-ring (bicyclic) bond motifs is 1. The number of nitrogens with two attached hydrogens (primary N) is 2. The summed E-state index contributed by atoms with van der Waals surface area (Å²) >= 11 is 5.85. The standard InChI is InChI=1S/C22H27ClFN5O4/c23-17-11-15(1-2-18(17)24)29-22-16-12-19(26)21(13-20(16)27-14-28-22)33-10-9-32-8-7-31-6-5-30-4-3-25/h1-2,11-14H,3-10,25-26H2,(H,27,28,29). The van der Waals surface area contributed by atoms with Gasteiger partial charge < -0.3 is 35.7 Å². The van der Waals surface area contributed by atoms with Crippen LogP contribution in [-0.2, 0) is 14.2 Å². The smallest absolute Gasteiger partial charge is 0.144 e. The topological polar surface area (TPSA) is 127 Å². The van der Waals surface area contributed by atoms with Crippen molar-refractivity contribution in [2.24, 2.45) is 5.73 Å². The molecular weight excluding hydrogens is 453 g/mol. The average molecular weight is 480 g/mol. The van der Waals surface area contributed by atoms with E-state index in [0.29, 0.717) is 86.6 Å².